The number of carbonyl (C=O) groups is 1. The van der Waals surface area contributed by atoms with E-state index in [-0.39, 0.29) is 5.91 Å². The van der Waals surface area contributed by atoms with E-state index in [1.807, 2.05) is 0 Å². The Morgan fingerprint density at radius 3 is 2.56 bits per heavy atom. The van der Waals surface area contributed by atoms with Crippen molar-refractivity contribution in [2.75, 3.05) is 40.3 Å². The second-order valence-electron chi connectivity index (χ2n) is 8.61. The highest BCUT2D eigenvalue weighted by Crippen LogP contribution is 2.24. The summed E-state index contributed by atoms with van der Waals surface area (Å²) in [7, 11) is 4.27. The molecule has 4 nitrogen and oxygen atoms in total. The second kappa shape index (κ2) is 12.0. The monoisotopic (exact) mass is 377 g/mol. The summed E-state index contributed by atoms with van der Waals surface area (Å²) in [5, 5.41) is 3.01. The molecule has 0 unspecified atom stereocenters. The van der Waals surface area contributed by atoms with Gasteiger partial charge in [0.1, 0.15) is 5.75 Å². The highest BCUT2D eigenvalue weighted by Gasteiger charge is 2.19. The molecule has 0 aliphatic carbocycles. The summed E-state index contributed by atoms with van der Waals surface area (Å²) in [5.41, 5.74) is 2.53. The smallest absolute Gasteiger partial charge is 0.275 e. The maximum Gasteiger partial charge on any atom is 0.275 e. The largest absolute Gasteiger partial charge is 0.493 e. The van der Waals surface area contributed by atoms with Crippen LogP contribution in [0.25, 0.3) is 0 Å². The lowest BCUT2D eigenvalue weighted by Crippen LogP contribution is -2.48. The number of unbranched alkanes of at least 4 members (excludes halogenated alkanes) is 3. The summed E-state index contributed by atoms with van der Waals surface area (Å²) in [6, 6.07) is 6.51. The van der Waals surface area contributed by atoms with Gasteiger partial charge >= 0.3 is 0 Å². The highest BCUT2D eigenvalue weighted by atomic mass is 16.5. The van der Waals surface area contributed by atoms with Crippen molar-refractivity contribution >= 4 is 5.91 Å². The van der Waals surface area contributed by atoms with Crippen LogP contribution in [-0.4, -0.2) is 50.7 Å². The summed E-state index contributed by atoms with van der Waals surface area (Å²) >= 11 is 0. The summed E-state index contributed by atoms with van der Waals surface area (Å²) in [5.74, 6) is 1.70. The van der Waals surface area contributed by atoms with Gasteiger partial charge in [0, 0.05) is 6.54 Å². The van der Waals surface area contributed by atoms with Gasteiger partial charge in [-0.1, -0.05) is 39.3 Å². The van der Waals surface area contributed by atoms with Crippen LogP contribution in [0, 0.1) is 6.92 Å². The van der Waals surface area contributed by atoms with Gasteiger partial charge in [-0.15, -0.1) is 0 Å². The van der Waals surface area contributed by atoms with Crippen molar-refractivity contribution in [1.29, 1.82) is 0 Å². The molecule has 0 spiro atoms. The van der Waals surface area contributed by atoms with Crippen LogP contribution in [0.1, 0.15) is 69.9 Å². The normalized spacial score (nSPS) is 11.7. The van der Waals surface area contributed by atoms with Gasteiger partial charge in [0.05, 0.1) is 27.2 Å². The number of rotatable bonds is 13. The Morgan fingerprint density at radius 2 is 1.89 bits per heavy atom. The van der Waals surface area contributed by atoms with Gasteiger partial charge < -0.3 is 14.5 Å². The third-order valence-corrected chi connectivity index (χ3v) is 4.97. The standard InChI is InChI=1S/C23H40N2O2/c1-7-8-14-24-23(26)18-25(5,6)15-10-9-11-16-27-22-17-21(19(2)3)13-12-20(22)4/h12-13,17,19H,7-11,14-16,18H2,1-6H3/p+1. The molecule has 1 amide bonds. The number of hydrogen-bond acceptors (Lipinski definition) is 2. The number of likely N-dealkylation sites (N-methyl/N-ethyl adjacent to an activating group) is 1. The number of carbonyl (C=O) groups excluding carboxylic acids is 1. The first kappa shape index (κ1) is 23.5. The number of benzene rings is 1. The van der Waals surface area contributed by atoms with Crippen molar-refractivity contribution in [2.24, 2.45) is 0 Å². The van der Waals surface area contributed by atoms with Crippen LogP contribution in [0.5, 0.6) is 5.75 Å². The fourth-order valence-electron chi connectivity index (χ4n) is 3.06. The van der Waals surface area contributed by atoms with E-state index in [1.165, 1.54) is 11.1 Å². The quantitative estimate of drug-likeness (QED) is 0.401. The van der Waals surface area contributed by atoms with Crippen molar-refractivity contribution in [3.63, 3.8) is 0 Å². The third-order valence-electron chi connectivity index (χ3n) is 4.97. The Labute approximate surface area is 166 Å². The Hall–Kier alpha value is -1.55. The van der Waals surface area contributed by atoms with Crippen LogP contribution in [0.2, 0.25) is 0 Å². The second-order valence-corrected chi connectivity index (χ2v) is 8.61. The van der Waals surface area contributed by atoms with E-state index in [4.69, 9.17) is 4.74 Å². The number of nitrogens with one attached hydrogen (secondary N) is 1. The zero-order valence-electron chi connectivity index (χ0n) is 18.4. The number of hydrogen-bond donors (Lipinski definition) is 1. The third kappa shape index (κ3) is 9.81. The molecule has 1 aromatic carbocycles. The van der Waals surface area contributed by atoms with Gasteiger partial charge in [0.25, 0.3) is 5.91 Å². The molecular formula is C23H41N2O2+. The molecule has 154 valence electrons. The zero-order chi connectivity index (χ0) is 20.3. The van der Waals surface area contributed by atoms with Gasteiger partial charge in [0.2, 0.25) is 0 Å². The molecule has 0 atom stereocenters. The maximum atomic E-state index is 12.0. The van der Waals surface area contributed by atoms with E-state index in [0.717, 1.165) is 62.0 Å². The fourth-order valence-corrected chi connectivity index (χ4v) is 3.06. The first-order valence-electron chi connectivity index (χ1n) is 10.6. The average molecular weight is 378 g/mol. The number of aryl methyl sites for hydroxylation is 1. The average Bonchev–Trinajstić information content (AvgIpc) is 2.58. The van der Waals surface area contributed by atoms with E-state index >= 15 is 0 Å². The van der Waals surface area contributed by atoms with Gasteiger partial charge in [-0.25, -0.2) is 0 Å². The highest BCUT2D eigenvalue weighted by molar-refractivity contribution is 5.76. The molecule has 0 saturated heterocycles. The van der Waals surface area contributed by atoms with Crippen molar-refractivity contribution in [2.45, 2.75) is 65.7 Å². The fraction of sp³-hybridized carbons (Fsp3) is 0.696. The number of nitrogens with zero attached hydrogens (tertiary/aromatic N) is 1. The van der Waals surface area contributed by atoms with E-state index in [9.17, 15) is 4.79 Å². The van der Waals surface area contributed by atoms with Crippen molar-refractivity contribution in [3.05, 3.63) is 29.3 Å². The Kier molecular flexibility index (Phi) is 10.5. The lowest BCUT2D eigenvalue weighted by atomic mass is 10.0. The lowest BCUT2D eigenvalue weighted by Gasteiger charge is -2.29. The van der Waals surface area contributed by atoms with E-state index in [1.54, 1.807) is 0 Å². The number of ether oxygens (including phenoxy) is 1. The molecule has 27 heavy (non-hydrogen) atoms. The van der Waals surface area contributed by atoms with E-state index < -0.39 is 0 Å². The Bertz CT molecular complexity index is 567. The van der Waals surface area contributed by atoms with Crippen molar-refractivity contribution in [1.82, 2.24) is 5.32 Å². The van der Waals surface area contributed by atoms with Crippen LogP contribution in [0.15, 0.2) is 18.2 Å². The minimum atomic E-state index is 0.164. The van der Waals surface area contributed by atoms with Crippen LogP contribution in [0.3, 0.4) is 0 Å². The SMILES string of the molecule is CCCCNC(=O)C[N+](C)(C)CCCCCOc1cc(C(C)C)ccc1C. The van der Waals surface area contributed by atoms with Crippen molar-refractivity contribution < 1.29 is 14.0 Å². The topological polar surface area (TPSA) is 38.3 Å². The minimum Gasteiger partial charge on any atom is -0.493 e. The molecule has 0 fully saturated rings. The molecule has 0 heterocycles. The molecule has 4 heteroatoms. The molecule has 0 aliphatic heterocycles. The Morgan fingerprint density at radius 1 is 1.15 bits per heavy atom. The molecule has 0 saturated carbocycles. The molecule has 1 aromatic rings. The minimum absolute atomic E-state index is 0.164. The summed E-state index contributed by atoms with van der Waals surface area (Å²) in [4.78, 5) is 12.0. The molecule has 1 rings (SSSR count). The Balaban J connectivity index is 2.24. The van der Waals surface area contributed by atoms with Crippen LogP contribution >= 0.6 is 0 Å². The lowest BCUT2D eigenvalue weighted by molar-refractivity contribution is -0.882. The van der Waals surface area contributed by atoms with E-state index in [2.05, 4.69) is 65.3 Å². The molecule has 0 aromatic heterocycles. The number of amides is 1. The first-order valence-corrected chi connectivity index (χ1v) is 10.6. The zero-order valence-corrected chi connectivity index (χ0v) is 18.4. The van der Waals surface area contributed by atoms with Gasteiger partial charge in [-0.05, 0) is 55.7 Å². The van der Waals surface area contributed by atoms with Gasteiger partial charge in [0.15, 0.2) is 6.54 Å². The van der Waals surface area contributed by atoms with Crippen LogP contribution < -0.4 is 10.1 Å². The molecule has 1 N–H and O–H groups in total. The molecule has 0 bridgehead atoms. The first-order chi connectivity index (χ1) is 12.7. The van der Waals surface area contributed by atoms with E-state index in [0.29, 0.717) is 12.5 Å². The van der Waals surface area contributed by atoms with Gasteiger partial charge in [-0.2, -0.15) is 0 Å². The molecular weight excluding hydrogens is 336 g/mol. The predicted molar refractivity (Wildman–Crippen MR) is 114 cm³/mol. The van der Waals surface area contributed by atoms with Crippen LogP contribution in [-0.2, 0) is 4.79 Å². The van der Waals surface area contributed by atoms with Crippen LogP contribution in [0.4, 0.5) is 0 Å². The predicted octanol–water partition coefficient (Wildman–Crippen LogP) is 4.66. The molecule has 0 radical (unpaired) electrons. The maximum absolute atomic E-state index is 12.0. The van der Waals surface area contributed by atoms with Gasteiger partial charge in [-0.3, -0.25) is 4.79 Å². The summed E-state index contributed by atoms with van der Waals surface area (Å²) < 4.78 is 6.75. The number of quaternary nitrogens is 1. The molecule has 0 aliphatic rings. The van der Waals surface area contributed by atoms with Crippen molar-refractivity contribution in [3.8, 4) is 5.75 Å². The summed E-state index contributed by atoms with van der Waals surface area (Å²) in [6.07, 6.45) is 5.46. The summed E-state index contributed by atoms with van der Waals surface area (Å²) in [6.45, 7) is 11.8.